The fourth-order valence-corrected chi connectivity index (χ4v) is 2.88. The van der Waals surface area contributed by atoms with Crippen LogP contribution >= 0.6 is 0 Å². The van der Waals surface area contributed by atoms with Crippen molar-refractivity contribution in [3.63, 3.8) is 0 Å². The van der Waals surface area contributed by atoms with Gasteiger partial charge in [-0.25, -0.2) is 0 Å². The molecule has 0 heterocycles. The average Bonchev–Trinajstić information content (AvgIpc) is 2.68. The average molecular weight is 349 g/mol. The predicted octanol–water partition coefficient (Wildman–Crippen LogP) is 7.81. The second-order valence-corrected chi connectivity index (χ2v) is 6.24. The largest absolute Gasteiger partial charge is 0.497 e. The molecule has 0 aliphatic rings. The van der Waals surface area contributed by atoms with Crippen LogP contribution in [-0.2, 0) is 0 Å². The number of hydrogen-bond acceptors (Lipinski definition) is 1. The number of hydrogen-bond donors (Lipinski definition) is 0. The van der Waals surface area contributed by atoms with Gasteiger partial charge in [0, 0.05) is 0 Å². The Morgan fingerprint density at radius 2 is 1.00 bits per heavy atom. The van der Waals surface area contributed by atoms with E-state index < -0.39 is 0 Å². The maximum Gasteiger partial charge on any atom is 0.118 e. The summed E-state index contributed by atoms with van der Waals surface area (Å²) in [6.07, 6.45) is 1.18. The van der Waals surface area contributed by atoms with Crippen molar-refractivity contribution in [1.82, 2.24) is 0 Å². The maximum atomic E-state index is 5.22. The van der Waals surface area contributed by atoms with Gasteiger partial charge in [-0.15, -0.1) is 0 Å². The second-order valence-electron chi connectivity index (χ2n) is 6.24. The van der Waals surface area contributed by atoms with E-state index in [1.165, 1.54) is 34.2 Å². The van der Waals surface area contributed by atoms with Crippen molar-refractivity contribution in [1.29, 1.82) is 0 Å². The van der Waals surface area contributed by atoms with Gasteiger partial charge in [-0.05, 0) is 52.3 Å². The minimum absolute atomic E-state index is 0. The van der Waals surface area contributed by atoms with E-state index in [1.54, 1.807) is 7.11 Å². The van der Waals surface area contributed by atoms with Crippen molar-refractivity contribution in [2.75, 3.05) is 7.11 Å². The van der Waals surface area contributed by atoms with Gasteiger partial charge in [0.1, 0.15) is 5.75 Å². The Balaban J connectivity index is 0.00000169. The summed E-state index contributed by atoms with van der Waals surface area (Å²) in [6.45, 7) is 4.51. The minimum atomic E-state index is 0. The molecule has 0 spiro atoms. The second kappa shape index (κ2) is 9.82. The predicted molar refractivity (Wildman–Crippen MR) is 116 cm³/mol. The highest BCUT2D eigenvalue weighted by atomic mass is 16.5. The third-order valence-electron chi connectivity index (χ3n) is 4.73. The highest BCUT2D eigenvalue weighted by Crippen LogP contribution is 2.27. The Kier molecular flexibility index (Phi) is 8.12. The van der Waals surface area contributed by atoms with Crippen LogP contribution in [0.25, 0.3) is 22.3 Å². The molecule has 1 atom stereocenters. The zero-order valence-corrected chi connectivity index (χ0v) is 14.6. The lowest BCUT2D eigenvalue weighted by Gasteiger charge is -2.10. The van der Waals surface area contributed by atoms with E-state index in [2.05, 4.69) is 74.5 Å². The van der Waals surface area contributed by atoms with E-state index in [0.29, 0.717) is 5.92 Å². The Labute approximate surface area is 159 Å². The van der Waals surface area contributed by atoms with Crippen LogP contribution in [0.4, 0.5) is 0 Å². The molecule has 0 aliphatic heterocycles. The topological polar surface area (TPSA) is 9.23 Å². The SMILES string of the molecule is C.C.CCC(C)c1ccc(-c2ccc(-c3ccc(OC)cc3)cc2)cc1. The van der Waals surface area contributed by atoms with Crippen LogP contribution in [-0.4, -0.2) is 7.11 Å². The maximum absolute atomic E-state index is 5.22. The molecule has 1 nitrogen and oxygen atoms in total. The molecule has 3 aromatic rings. The van der Waals surface area contributed by atoms with Crippen LogP contribution in [0.2, 0.25) is 0 Å². The van der Waals surface area contributed by atoms with Crippen LogP contribution in [0.5, 0.6) is 5.75 Å². The van der Waals surface area contributed by atoms with Gasteiger partial charge in [-0.1, -0.05) is 89.4 Å². The summed E-state index contributed by atoms with van der Waals surface area (Å²) >= 11 is 0. The molecule has 26 heavy (non-hydrogen) atoms. The first kappa shape index (κ1) is 21.5. The lowest BCUT2D eigenvalue weighted by Crippen LogP contribution is -1.90. The molecule has 0 radical (unpaired) electrons. The summed E-state index contributed by atoms with van der Waals surface area (Å²) in [4.78, 5) is 0. The van der Waals surface area contributed by atoms with Crippen molar-refractivity contribution in [3.8, 4) is 28.0 Å². The van der Waals surface area contributed by atoms with Crippen LogP contribution in [0.1, 0.15) is 46.6 Å². The monoisotopic (exact) mass is 348 g/mol. The van der Waals surface area contributed by atoms with Crippen LogP contribution in [0.3, 0.4) is 0 Å². The number of methoxy groups -OCH3 is 1. The molecule has 3 rings (SSSR count). The first-order chi connectivity index (χ1) is 11.7. The molecular formula is C25H32O. The van der Waals surface area contributed by atoms with Gasteiger partial charge < -0.3 is 4.74 Å². The molecular weight excluding hydrogens is 316 g/mol. The van der Waals surface area contributed by atoms with Crippen molar-refractivity contribution in [2.24, 2.45) is 0 Å². The lowest BCUT2D eigenvalue weighted by atomic mass is 9.95. The number of ether oxygens (including phenoxy) is 1. The molecule has 1 heteroatoms. The van der Waals surface area contributed by atoms with Crippen LogP contribution in [0, 0.1) is 0 Å². The zero-order valence-electron chi connectivity index (χ0n) is 14.6. The first-order valence-electron chi connectivity index (χ1n) is 8.56. The molecule has 0 fully saturated rings. The standard InChI is InChI=1S/C23H24O.2CH4/c1-4-17(2)18-5-7-19(8-6-18)20-9-11-21(12-10-20)22-13-15-23(24-3)16-14-22;;/h5-17H,4H2,1-3H3;2*1H4. The van der Waals surface area contributed by atoms with Crippen LogP contribution < -0.4 is 4.74 Å². The van der Waals surface area contributed by atoms with Crippen LogP contribution in [0.15, 0.2) is 72.8 Å². The summed E-state index contributed by atoms with van der Waals surface area (Å²) in [5, 5.41) is 0. The molecule has 0 amide bonds. The van der Waals surface area contributed by atoms with E-state index in [0.717, 1.165) is 5.75 Å². The van der Waals surface area contributed by atoms with Gasteiger partial charge >= 0.3 is 0 Å². The zero-order chi connectivity index (χ0) is 16.9. The van der Waals surface area contributed by atoms with Crippen molar-refractivity contribution < 1.29 is 4.74 Å². The molecule has 0 N–H and O–H groups in total. The molecule has 0 saturated heterocycles. The van der Waals surface area contributed by atoms with Gasteiger partial charge in [0.2, 0.25) is 0 Å². The number of rotatable bonds is 5. The molecule has 138 valence electrons. The van der Waals surface area contributed by atoms with E-state index in [9.17, 15) is 0 Å². The quantitative estimate of drug-likeness (QED) is 0.457. The minimum Gasteiger partial charge on any atom is -0.497 e. The fourth-order valence-electron chi connectivity index (χ4n) is 2.88. The lowest BCUT2D eigenvalue weighted by molar-refractivity contribution is 0.415. The van der Waals surface area contributed by atoms with E-state index >= 15 is 0 Å². The molecule has 1 unspecified atom stereocenters. The van der Waals surface area contributed by atoms with E-state index in [4.69, 9.17) is 4.74 Å². The van der Waals surface area contributed by atoms with E-state index in [-0.39, 0.29) is 14.9 Å². The van der Waals surface area contributed by atoms with Gasteiger partial charge in [0.15, 0.2) is 0 Å². The van der Waals surface area contributed by atoms with Gasteiger partial charge in [-0.2, -0.15) is 0 Å². The number of benzene rings is 3. The summed E-state index contributed by atoms with van der Waals surface area (Å²) in [6, 6.07) is 25.9. The molecule has 0 aromatic heterocycles. The molecule has 0 saturated carbocycles. The highest BCUT2D eigenvalue weighted by Gasteiger charge is 2.04. The van der Waals surface area contributed by atoms with Gasteiger partial charge in [-0.3, -0.25) is 0 Å². The third-order valence-corrected chi connectivity index (χ3v) is 4.73. The molecule has 3 aromatic carbocycles. The van der Waals surface area contributed by atoms with Crippen molar-refractivity contribution >= 4 is 0 Å². The van der Waals surface area contributed by atoms with Crippen molar-refractivity contribution in [2.45, 2.75) is 41.0 Å². The summed E-state index contributed by atoms with van der Waals surface area (Å²) in [5.41, 5.74) is 6.36. The Morgan fingerprint density at radius 3 is 1.35 bits per heavy atom. The van der Waals surface area contributed by atoms with Gasteiger partial charge in [0.25, 0.3) is 0 Å². The highest BCUT2D eigenvalue weighted by molar-refractivity contribution is 5.70. The van der Waals surface area contributed by atoms with E-state index in [1.807, 2.05) is 12.1 Å². The third kappa shape index (κ3) is 4.76. The Bertz CT molecular complexity index is 768. The van der Waals surface area contributed by atoms with Crippen molar-refractivity contribution in [3.05, 3.63) is 78.4 Å². The smallest absolute Gasteiger partial charge is 0.118 e. The summed E-state index contributed by atoms with van der Waals surface area (Å²) in [7, 11) is 1.69. The molecule has 0 aliphatic carbocycles. The molecule has 0 bridgehead atoms. The van der Waals surface area contributed by atoms with Gasteiger partial charge in [0.05, 0.1) is 7.11 Å². The fraction of sp³-hybridized carbons (Fsp3) is 0.280. The normalized spacial score (nSPS) is 11.0. The first-order valence-corrected chi connectivity index (χ1v) is 8.56. The summed E-state index contributed by atoms with van der Waals surface area (Å²) < 4.78 is 5.22. The Morgan fingerprint density at radius 1 is 0.654 bits per heavy atom. The Hall–Kier alpha value is -2.54. The summed E-state index contributed by atoms with van der Waals surface area (Å²) in [5.74, 6) is 1.51.